The van der Waals surface area contributed by atoms with Crippen molar-refractivity contribution in [1.82, 2.24) is 10.2 Å². The summed E-state index contributed by atoms with van der Waals surface area (Å²) in [6.45, 7) is 8.83. The van der Waals surface area contributed by atoms with E-state index < -0.39 is 5.91 Å². The molecular formula is C18H24N4O2. The molecule has 1 aromatic carbocycles. The maximum Gasteiger partial charge on any atom is 0.267 e. The second-order valence-corrected chi connectivity index (χ2v) is 5.85. The lowest BCUT2D eigenvalue weighted by Gasteiger charge is -2.26. The van der Waals surface area contributed by atoms with Gasteiger partial charge in [0.1, 0.15) is 11.6 Å². The number of carbonyl (C=O) groups is 1. The zero-order valence-corrected chi connectivity index (χ0v) is 14.3. The van der Waals surface area contributed by atoms with Gasteiger partial charge in [0.05, 0.1) is 13.2 Å². The highest BCUT2D eigenvalue weighted by atomic mass is 16.5. The van der Waals surface area contributed by atoms with E-state index in [1.165, 1.54) is 6.20 Å². The molecule has 0 bridgehead atoms. The summed E-state index contributed by atoms with van der Waals surface area (Å²) in [4.78, 5) is 14.5. The Balaban J connectivity index is 1.85. The van der Waals surface area contributed by atoms with Crippen molar-refractivity contribution >= 4 is 11.6 Å². The topological polar surface area (TPSA) is 77.4 Å². The third-order valence-corrected chi connectivity index (χ3v) is 3.92. The Morgan fingerprint density at radius 1 is 1.38 bits per heavy atom. The fourth-order valence-electron chi connectivity index (χ4n) is 2.51. The van der Waals surface area contributed by atoms with Crippen LogP contribution in [0.5, 0.6) is 0 Å². The first kappa shape index (κ1) is 18.0. The van der Waals surface area contributed by atoms with Gasteiger partial charge in [0.15, 0.2) is 0 Å². The normalized spacial score (nSPS) is 15.6. The maximum absolute atomic E-state index is 12.2. The van der Waals surface area contributed by atoms with E-state index >= 15 is 0 Å². The Hall–Kier alpha value is -2.36. The number of ether oxygens (including phenoxy) is 1. The summed E-state index contributed by atoms with van der Waals surface area (Å²) in [5.74, 6) is -0.400. The number of hydrogen-bond donors (Lipinski definition) is 2. The molecular weight excluding hydrogens is 304 g/mol. The van der Waals surface area contributed by atoms with Gasteiger partial charge in [0, 0.05) is 38.1 Å². The van der Waals surface area contributed by atoms with Gasteiger partial charge in [0.2, 0.25) is 0 Å². The predicted octanol–water partition coefficient (Wildman–Crippen LogP) is 1.57. The van der Waals surface area contributed by atoms with Crippen molar-refractivity contribution in [2.24, 2.45) is 0 Å². The van der Waals surface area contributed by atoms with Crippen molar-refractivity contribution in [3.05, 3.63) is 41.1 Å². The SMILES string of the molecule is Cc1ccc(NC(=O)/C(C#N)=C\NCCN2CCOCC2)c(C)c1. The molecule has 0 saturated carbocycles. The lowest BCUT2D eigenvalue weighted by Crippen LogP contribution is -2.39. The largest absolute Gasteiger partial charge is 0.388 e. The first-order valence-corrected chi connectivity index (χ1v) is 8.12. The molecule has 1 heterocycles. The zero-order chi connectivity index (χ0) is 17.4. The van der Waals surface area contributed by atoms with E-state index in [4.69, 9.17) is 4.74 Å². The number of amides is 1. The number of nitrogens with one attached hydrogen (secondary N) is 2. The molecule has 2 N–H and O–H groups in total. The van der Waals surface area contributed by atoms with E-state index in [-0.39, 0.29) is 5.57 Å². The lowest BCUT2D eigenvalue weighted by molar-refractivity contribution is -0.112. The number of rotatable bonds is 6. The van der Waals surface area contributed by atoms with Crippen LogP contribution in [-0.4, -0.2) is 50.2 Å². The molecule has 24 heavy (non-hydrogen) atoms. The van der Waals surface area contributed by atoms with Gasteiger partial charge in [-0.25, -0.2) is 0 Å². The number of hydrogen-bond acceptors (Lipinski definition) is 5. The summed E-state index contributed by atoms with van der Waals surface area (Å²) in [5, 5.41) is 15.0. The molecule has 1 amide bonds. The summed E-state index contributed by atoms with van der Waals surface area (Å²) >= 11 is 0. The minimum absolute atomic E-state index is 0.0666. The van der Waals surface area contributed by atoms with Crippen molar-refractivity contribution in [3.8, 4) is 6.07 Å². The summed E-state index contributed by atoms with van der Waals surface area (Å²) in [5.41, 5.74) is 2.89. The monoisotopic (exact) mass is 328 g/mol. The number of benzene rings is 1. The average molecular weight is 328 g/mol. The second kappa shape index (κ2) is 9.06. The van der Waals surface area contributed by atoms with E-state index in [9.17, 15) is 10.1 Å². The predicted molar refractivity (Wildman–Crippen MR) is 93.5 cm³/mol. The van der Waals surface area contributed by atoms with Crippen molar-refractivity contribution in [3.63, 3.8) is 0 Å². The van der Waals surface area contributed by atoms with Gasteiger partial charge in [-0.3, -0.25) is 9.69 Å². The third-order valence-electron chi connectivity index (χ3n) is 3.92. The van der Waals surface area contributed by atoms with Crippen molar-refractivity contribution < 1.29 is 9.53 Å². The van der Waals surface area contributed by atoms with E-state index in [0.717, 1.165) is 49.7 Å². The molecule has 1 aromatic rings. The van der Waals surface area contributed by atoms with Crippen molar-refractivity contribution in [2.45, 2.75) is 13.8 Å². The van der Waals surface area contributed by atoms with Crippen LogP contribution in [0.25, 0.3) is 0 Å². The average Bonchev–Trinajstić information content (AvgIpc) is 2.58. The molecule has 0 atom stereocenters. The molecule has 0 unspecified atom stereocenters. The standard InChI is InChI=1S/C18H24N4O2/c1-14-3-4-17(15(2)11-14)21-18(23)16(12-19)13-20-5-6-22-7-9-24-10-8-22/h3-4,11,13,20H,5-10H2,1-2H3,(H,21,23)/b16-13-. The lowest BCUT2D eigenvalue weighted by atomic mass is 10.1. The smallest absolute Gasteiger partial charge is 0.267 e. The molecule has 128 valence electrons. The molecule has 1 saturated heterocycles. The van der Waals surface area contributed by atoms with Crippen LogP contribution in [0.4, 0.5) is 5.69 Å². The summed E-state index contributed by atoms with van der Waals surface area (Å²) in [7, 11) is 0. The molecule has 0 aromatic heterocycles. The van der Waals surface area contributed by atoms with Crippen LogP contribution in [0, 0.1) is 25.2 Å². The quantitative estimate of drug-likeness (QED) is 0.471. The van der Waals surface area contributed by atoms with Crippen molar-refractivity contribution in [2.75, 3.05) is 44.7 Å². The van der Waals surface area contributed by atoms with Crippen LogP contribution in [0.15, 0.2) is 30.0 Å². The minimum atomic E-state index is -0.400. The molecule has 1 aliphatic rings. The number of anilines is 1. The van der Waals surface area contributed by atoms with E-state index in [2.05, 4.69) is 15.5 Å². The van der Waals surface area contributed by atoms with Crippen LogP contribution in [0.2, 0.25) is 0 Å². The van der Waals surface area contributed by atoms with Gasteiger partial charge < -0.3 is 15.4 Å². The highest BCUT2D eigenvalue weighted by Gasteiger charge is 2.11. The molecule has 0 radical (unpaired) electrons. The maximum atomic E-state index is 12.2. The molecule has 0 spiro atoms. The number of nitriles is 1. The molecule has 6 nitrogen and oxygen atoms in total. The minimum Gasteiger partial charge on any atom is -0.388 e. The molecule has 1 aliphatic heterocycles. The molecule has 6 heteroatoms. The summed E-state index contributed by atoms with van der Waals surface area (Å²) in [6, 6.07) is 7.72. The van der Waals surface area contributed by atoms with Gasteiger partial charge in [0.25, 0.3) is 5.91 Å². The van der Waals surface area contributed by atoms with E-state index in [1.54, 1.807) is 0 Å². The van der Waals surface area contributed by atoms with Crippen molar-refractivity contribution in [1.29, 1.82) is 5.26 Å². The molecule has 0 aliphatic carbocycles. The van der Waals surface area contributed by atoms with Crippen LogP contribution in [0.3, 0.4) is 0 Å². The van der Waals surface area contributed by atoms with Gasteiger partial charge in [-0.1, -0.05) is 17.7 Å². The van der Waals surface area contributed by atoms with Crippen LogP contribution in [0.1, 0.15) is 11.1 Å². The fourth-order valence-corrected chi connectivity index (χ4v) is 2.51. The second-order valence-electron chi connectivity index (χ2n) is 5.85. The Labute approximate surface area is 143 Å². The van der Waals surface area contributed by atoms with E-state index in [0.29, 0.717) is 6.54 Å². The number of aryl methyl sites for hydroxylation is 2. The van der Waals surface area contributed by atoms with Crippen LogP contribution in [-0.2, 0) is 9.53 Å². The fraction of sp³-hybridized carbons (Fsp3) is 0.444. The van der Waals surface area contributed by atoms with E-state index in [1.807, 2.05) is 38.1 Å². The van der Waals surface area contributed by atoms with Gasteiger partial charge in [-0.2, -0.15) is 5.26 Å². The number of morpholine rings is 1. The number of carbonyl (C=O) groups excluding carboxylic acids is 1. The van der Waals surface area contributed by atoms with Crippen LogP contribution < -0.4 is 10.6 Å². The van der Waals surface area contributed by atoms with Gasteiger partial charge in [-0.15, -0.1) is 0 Å². The molecule has 1 fully saturated rings. The Morgan fingerprint density at radius 2 is 2.12 bits per heavy atom. The van der Waals surface area contributed by atoms with Gasteiger partial charge in [-0.05, 0) is 25.5 Å². The highest BCUT2D eigenvalue weighted by molar-refractivity contribution is 6.06. The van der Waals surface area contributed by atoms with Crippen LogP contribution >= 0.6 is 0 Å². The Morgan fingerprint density at radius 3 is 2.79 bits per heavy atom. The third kappa shape index (κ3) is 5.37. The van der Waals surface area contributed by atoms with Gasteiger partial charge >= 0.3 is 0 Å². The Bertz CT molecular complexity index is 643. The molecule has 2 rings (SSSR count). The Kier molecular flexibility index (Phi) is 6.79. The summed E-state index contributed by atoms with van der Waals surface area (Å²) in [6.07, 6.45) is 1.49. The first-order chi connectivity index (χ1) is 11.6. The zero-order valence-electron chi connectivity index (χ0n) is 14.3. The highest BCUT2D eigenvalue weighted by Crippen LogP contribution is 2.16. The number of nitrogens with zero attached hydrogens (tertiary/aromatic N) is 2. The summed E-state index contributed by atoms with van der Waals surface area (Å²) < 4.78 is 5.30. The first-order valence-electron chi connectivity index (χ1n) is 8.12.